The number of nitrogens with zero attached hydrogens (tertiary/aromatic N) is 1. The molecule has 0 heterocycles. The van der Waals surface area contributed by atoms with E-state index in [-0.39, 0.29) is 12.5 Å². The molecule has 5 nitrogen and oxygen atoms in total. The highest BCUT2D eigenvalue weighted by Crippen LogP contribution is 2.20. The smallest absolute Gasteiger partial charge is 0.277 e. The maximum Gasteiger partial charge on any atom is 0.277 e. The summed E-state index contributed by atoms with van der Waals surface area (Å²) in [6.45, 7) is 5.72. The summed E-state index contributed by atoms with van der Waals surface area (Å²) < 4.78 is 10.9. The van der Waals surface area contributed by atoms with Gasteiger partial charge >= 0.3 is 0 Å². The lowest BCUT2D eigenvalue weighted by Crippen LogP contribution is -2.24. The fourth-order valence-electron chi connectivity index (χ4n) is 1.93. The lowest BCUT2D eigenvalue weighted by Gasteiger charge is -2.07. The number of benzene rings is 2. The molecule has 1 amide bonds. The van der Waals surface area contributed by atoms with Crippen LogP contribution >= 0.6 is 11.6 Å². The number of hydrazone groups is 1. The van der Waals surface area contributed by atoms with Crippen molar-refractivity contribution in [3.63, 3.8) is 0 Å². The minimum atomic E-state index is -0.367. The van der Waals surface area contributed by atoms with Gasteiger partial charge in [0, 0.05) is 10.6 Å². The molecule has 0 bridgehead atoms. The maximum absolute atomic E-state index is 11.8. The summed E-state index contributed by atoms with van der Waals surface area (Å²) in [6, 6.07) is 12.6. The molecule has 0 saturated heterocycles. The van der Waals surface area contributed by atoms with Crippen LogP contribution in [0, 0.1) is 6.92 Å². The highest BCUT2D eigenvalue weighted by atomic mass is 35.5. The third-order valence-electron chi connectivity index (χ3n) is 3.17. The van der Waals surface area contributed by atoms with Crippen molar-refractivity contribution in [2.75, 3.05) is 13.2 Å². The van der Waals surface area contributed by atoms with Crippen molar-refractivity contribution >= 4 is 23.7 Å². The third-order valence-corrected chi connectivity index (χ3v) is 3.59. The molecule has 0 radical (unpaired) electrons. The van der Waals surface area contributed by atoms with E-state index in [0.717, 1.165) is 11.1 Å². The molecule has 130 valence electrons. The molecule has 0 fully saturated rings. The molecule has 0 saturated carbocycles. The minimum Gasteiger partial charge on any atom is -0.489 e. The highest BCUT2D eigenvalue weighted by molar-refractivity contribution is 6.31. The molecular weight excluding hydrogens is 340 g/mol. The Bertz CT molecular complexity index is 775. The summed E-state index contributed by atoms with van der Waals surface area (Å²) in [5.74, 6) is 0.867. The molecular formula is C19H19ClN2O3. The average Bonchev–Trinajstić information content (AvgIpc) is 2.62. The summed E-state index contributed by atoms with van der Waals surface area (Å²) in [5.41, 5.74) is 4.05. The van der Waals surface area contributed by atoms with Gasteiger partial charge in [-0.1, -0.05) is 36.4 Å². The van der Waals surface area contributed by atoms with E-state index in [1.807, 2.05) is 31.2 Å². The number of nitrogens with one attached hydrogen (secondary N) is 1. The molecule has 0 aliphatic heterocycles. The molecule has 2 aromatic carbocycles. The SMILES string of the molecule is C=CCOc1ccccc1/C=N\NC(=O)COc1ccc(Cl)c(C)c1. The maximum atomic E-state index is 11.8. The predicted octanol–water partition coefficient (Wildman–Crippen LogP) is 3.74. The van der Waals surface area contributed by atoms with Crippen molar-refractivity contribution < 1.29 is 14.3 Å². The Labute approximate surface area is 151 Å². The molecule has 0 aliphatic carbocycles. The summed E-state index contributed by atoms with van der Waals surface area (Å²) in [4.78, 5) is 11.8. The van der Waals surface area contributed by atoms with E-state index >= 15 is 0 Å². The second-order valence-electron chi connectivity index (χ2n) is 5.13. The fourth-order valence-corrected chi connectivity index (χ4v) is 2.05. The Kier molecular flexibility index (Phi) is 7.04. The number of hydrogen-bond acceptors (Lipinski definition) is 4. The van der Waals surface area contributed by atoms with E-state index in [0.29, 0.717) is 23.1 Å². The van der Waals surface area contributed by atoms with E-state index in [2.05, 4.69) is 17.1 Å². The monoisotopic (exact) mass is 358 g/mol. The van der Waals surface area contributed by atoms with Crippen molar-refractivity contribution in [2.45, 2.75) is 6.92 Å². The van der Waals surface area contributed by atoms with E-state index in [9.17, 15) is 4.79 Å². The van der Waals surface area contributed by atoms with Crippen LogP contribution in [-0.4, -0.2) is 25.3 Å². The van der Waals surface area contributed by atoms with Gasteiger partial charge in [0.25, 0.3) is 5.91 Å². The normalized spacial score (nSPS) is 10.5. The zero-order valence-electron chi connectivity index (χ0n) is 13.9. The second-order valence-corrected chi connectivity index (χ2v) is 5.54. The number of carbonyl (C=O) groups is 1. The first-order valence-electron chi connectivity index (χ1n) is 7.63. The van der Waals surface area contributed by atoms with Crippen molar-refractivity contribution in [3.05, 3.63) is 71.3 Å². The van der Waals surface area contributed by atoms with E-state index < -0.39 is 0 Å². The van der Waals surface area contributed by atoms with Crippen molar-refractivity contribution in [3.8, 4) is 11.5 Å². The van der Waals surface area contributed by atoms with Crippen LogP contribution in [0.5, 0.6) is 11.5 Å². The van der Waals surface area contributed by atoms with E-state index in [1.54, 1.807) is 24.3 Å². The Morgan fingerprint density at radius 2 is 2.08 bits per heavy atom. The number of halogens is 1. The van der Waals surface area contributed by atoms with Gasteiger partial charge in [-0.3, -0.25) is 4.79 Å². The van der Waals surface area contributed by atoms with Gasteiger partial charge < -0.3 is 9.47 Å². The molecule has 2 aromatic rings. The molecule has 0 atom stereocenters. The van der Waals surface area contributed by atoms with Crippen LogP contribution in [0.4, 0.5) is 0 Å². The number of aryl methyl sites for hydroxylation is 1. The van der Waals surface area contributed by atoms with Gasteiger partial charge in [-0.25, -0.2) is 5.43 Å². The van der Waals surface area contributed by atoms with Gasteiger partial charge in [-0.15, -0.1) is 0 Å². The Balaban J connectivity index is 1.86. The van der Waals surface area contributed by atoms with Gasteiger partial charge in [0.15, 0.2) is 6.61 Å². The van der Waals surface area contributed by atoms with Crippen molar-refractivity contribution in [1.82, 2.24) is 5.43 Å². The average molecular weight is 359 g/mol. The molecule has 0 spiro atoms. The zero-order valence-corrected chi connectivity index (χ0v) is 14.6. The third kappa shape index (κ3) is 5.97. The lowest BCUT2D eigenvalue weighted by atomic mass is 10.2. The van der Waals surface area contributed by atoms with Gasteiger partial charge in [-0.2, -0.15) is 5.10 Å². The first-order valence-corrected chi connectivity index (χ1v) is 8.01. The topological polar surface area (TPSA) is 59.9 Å². The molecule has 1 N–H and O–H groups in total. The number of carbonyl (C=O) groups excluding carboxylic acids is 1. The van der Waals surface area contributed by atoms with Crippen molar-refractivity contribution in [2.24, 2.45) is 5.10 Å². The quantitative estimate of drug-likeness (QED) is 0.444. The van der Waals surface area contributed by atoms with Gasteiger partial charge in [-0.05, 0) is 42.8 Å². The number of rotatable bonds is 8. The van der Waals surface area contributed by atoms with Gasteiger partial charge in [0.05, 0.1) is 6.21 Å². The molecule has 6 heteroatoms. The molecule has 0 aromatic heterocycles. The Hall–Kier alpha value is -2.79. The molecule has 0 unspecified atom stereocenters. The zero-order chi connectivity index (χ0) is 18.1. The number of amides is 1. The summed E-state index contributed by atoms with van der Waals surface area (Å²) in [7, 11) is 0. The number of ether oxygens (including phenoxy) is 2. The van der Waals surface area contributed by atoms with Crippen LogP contribution in [0.2, 0.25) is 5.02 Å². The highest BCUT2D eigenvalue weighted by Gasteiger charge is 2.04. The first kappa shape index (κ1) is 18.5. The molecule has 0 aliphatic rings. The predicted molar refractivity (Wildman–Crippen MR) is 99.6 cm³/mol. The standard InChI is InChI=1S/C19H19ClN2O3/c1-3-10-24-18-7-5-4-6-15(18)12-21-22-19(23)13-25-16-8-9-17(20)14(2)11-16/h3-9,11-12H,1,10,13H2,2H3,(H,22,23)/b21-12-. The number of para-hydroxylation sites is 1. The molecule has 2 rings (SSSR count). The van der Waals surface area contributed by atoms with Crippen LogP contribution in [0.1, 0.15) is 11.1 Å². The van der Waals surface area contributed by atoms with Crippen LogP contribution in [0.3, 0.4) is 0 Å². The van der Waals surface area contributed by atoms with Crippen LogP contribution in [-0.2, 0) is 4.79 Å². The lowest BCUT2D eigenvalue weighted by molar-refractivity contribution is -0.123. The van der Waals surface area contributed by atoms with E-state index in [4.69, 9.17) is 21.1 Å². The van der Waals surface area contributed by atoms with E-state index in [1.165, 1.54) is 6.21 Å². The largest absolute Gasteiger partial charge is 0.489 e. The fraction of sp³-hybridized carbons (Fsp3) is 0.158. The van der Waals surface area contributed by atoms with Crippen LogP contribution in [0.25, 0.3) is 0 Å². The van der Waals surface area contributed by atoms with Gasteiger partial charge in [0.1, 0.15) is 18.1 Å². The number of hydrogen-bond donors (Lipinski definition) is 1. The first-order chi connectivity index (χ1) is 12.1. The Morgan fingerprint density at radius 1 is 1.28 bits per heavy atom. The van der Waals surface area contributed by atoms with Crippen LogP contribution < -0.4 is 14.9 Å². The van der Waals surface area contributed by atoms with Gasteiger partial charge in [0.2, 0.25) is 0 Å². The second kappa shape index (κ2) is 9.49. The van der Waals surface area contributed by atoms with Crippen molar-refractivity contribution in [1.29, 1.82) is 0 Å². The molecule has 25 heavy (non-hydrogen) atoms. The summed E-state index contributed by atoms with van der Waals surface area (Å²) in [6.07, 6.45) is 3.17. The van der Waals surface area contributed by atoms with Crippen LogP contribution in [0.15, 0.2) is 60.2 Å². The summed E-state index contributed by atoms with van der Waals surface area (Å²) in [5, 5.41) is 4.57. The Morgan fingerprint density at radius 3 is 2.84 bits per heavy atom. The summed E-state index contributed by atoms with van der Waals surface area (Å²) >= 11 is 5.94. The minimum absolute atomic E-state index is 0.146.